The summed E-state index contributed by atoms with van der Waals surface area (Å²) in [5.74, 6) is 1.23. The third-order valence-corrected chi connectivity index (χ3v) is 5.58. The van der Waals surface area contributed by atoms with Crippen LogP contribution in [0, 0.1) is 0 Å². The molecule has 0 aliphatic carbocycles. The van der Waals surface area contributed by atoms with Crippen LogP contribution in [0.15, 0.2) is 73.6 Å². The van der Waals surface area contributed by atoms with Crippen molar-refractivity contribution in [3.8, 4) is 17.2 Å². The average Bonchev–Trinajstić information content (AvgIpc) is 3.57. The molecule has 3 aromatic rings. The molecule has 2 heterocycles. The third-order valence-electron chi connectivity index (χ3n) is 5.58. The Labute approximate surface area is 194 Å². The van der Waals surface area contributed by atoms with Gasteiger partial charge in [-0.15, -0.1) is 0 Å². The topological polar surface area (TPSA) is 65.8 Å². The van der Waals surface area contributed by atoms with Gasteiger partial charge in [0.15, 0.2) is 11.5 Å². The summed E-state index contributed by atoms with van der Waals surface area (Å²) >= 11 is 0. The first-order valence-corrected chi connectivity index (χ1v) is 11.1. The van der Waals surface area contributed by atoms with E-state index in [9.17, 15) is 4.79 Å². The van der Waals surface area contributed by atoms with Gasteiger partial charge in [-0.2, -0.15) is 5.10 Å². The number of hydrogen-bond acceptors (Lipinski definition) is 5. The van der Waals surface area contributed by atoms with Crippen LogP contribution in [-0.2, 0) is 11.3 Å². The molecule has 0 radical (unpaired) electrons. The van der Waals surface area contributed by atoms with E-state index in [-0.39, 0.29) is 12.0 Å². The highest BCUT2D eigenvalue weighted by molar-refractivity contribution is 5.94. The van der Waals surface area contributed by atoms with Crippen LogP contribution in [0.3, 0.4) is 0 Å². The van der Waals surface area contributed by atoms with E-state index in [0.717, 1.165) is 30.7 Å². The Morgan fingerprint density at radius 2 is 2.12 bits per heavy atom. The van der Waals surface area contributed by atoms with Crippen molar-refractivity contribution >= 4 is 5.91 Å². The van der Waals surface area contributed by atoms with Crippen molar-refractivity contribution in [2.45, 2.75) is 25.5 Å². The zero-order valence-electron chi connectivity index (χ0n) is 18.9. The van der Waals surface area contributed by atoms with Gasteiger partial charge in [-0.25, -0.2) is 4.68 Å². The van der Waals surface area contributed by atoms with Crippen LogP contribution in [0.25, 0.3) is 5.69 Å². The molecule has 2 aromatic carbocycles. The summed E-state index contributed by atoms with van der Waals surface area (Å²) in [7, 11) is 1.61. The number of nitrogens with zero attached hydrogens (tertiary/aromatic N) is 3. The number of ether oxygens (including phenoxy) is 3. The quantitative estimate of drug-likeness (QED) is 0.435. The normalized spacial score (nSPS) is 15.2. The molecular weight excluding hydrogens is 418 g/mol. The molecule has 1 aromatic heterocycles. The standard InChI is InChI=1S/C26H29N3O4/c1-3-15-33-24-12-7-20(17-25(24)31-2)18-28(19-23-6-4-16-32-23)26(30)21-8-10-22(11-9-21)29-14-5-13-27-29/h3,5,7-14,17,23H,1,4,6,15-16,18-19H2,2H3. The SMILES string of the molecule is C=CCOc1ccc(CN(CC2CCCO2)C(=O)c2ccc(-n3cccn3)cc2)cc1OC. The summed E-state index contributed by atoms with van der Waals surface area (Å²) < 4.78 is 18.7. The lowest BCUT2D eigenvalue weighted by atomic mass is 10.1. The second-order valence-electron chi connectivity index (χ2n) is 7.90. The van der Waals surface area contributed by atoms with Crippen molar-refractivity contribution in [2.24, 2.45) is 0 Å². The van der Waals surface area contributed by atoms with Crippen LogP contribution >= 0.6 is 0 Å². The van der Waals surface area contributed by atoms with Crippen molar-refractivity contribution in [3.63, 3.8) is 0 Å². The van der Waals surface area contributed by atoms with Gasteiger partial charge in [0.1, 0.15) is 6.61 Å². The number of amides is 1. The number of methoxy groups -OCH3 is 1. The van der Waals surface area contributed by atoms with E-state index in [4.69, 9.17) is 14.2 Å². The van der Waals surface area contributed by atoms with E-state index in [0.29, 0.717) is 36.8 Å². The van der Waals surface area contributed by atoms with Crippen LogP contribution in [0.4, 0.5) is 0 Å². The highest BCUT2D eigenvalue weighted by Crippen LogP contribution is 2.29. The minimum absolute atomic E-state index is 0.0385. The number of benzene rings is 2. The molecule has 7 nitrogen and oxygen atoms in total. The molecule has 1 aliphatic heterocycles. The van der Waals surface area contributed by atoms with Gasteiger partial charge >= 0.3 is 0 Å². The predicted molar refractivity (Wildman–Crippen MR) is 126 cm³/mol. The van der Waals surface area contributed by atoms with Crippen molar-refractivity contribution in [2.75, 3.05) is 26.9 Å². The van der Waals surface area contributed by atoms with Crippen molar-refractivity contribution in [1.82, 2.24) is 14.7 Å². The monoisotopic (exact) mass is 447 g/mol. The number of carbonyl (C=O) groups is 1. The van der Waals surface area contributed by atoms with Crippen LogP contribution in [-0.4, -0.2) is 53.6 Å². The van der Waals surface area contributed by atoms with Crippen LogP contribution < -0.4 is 9.47 Å². The largest absolute Gasteiger partial charge is 0.493 e. The molecule has 1 amide bonds. The van der Waals surface area contributed by atoms with Crippen molar-refractivity contribution < 1.29 is 19.0 Å². The van der Waals surface area contributed by atoms with Crippen LogP contribution in [0.2, 0.25) is 0 Å². The fourth-order valence-corrected chi connectivity index (χ4v) is 3.91. The highest BCUT2D eigenvalue weighted by Gasteiger charge is 2.24. The Balaban J connectivity index is 1.54. The first-order valence-electron chi connectivity index (χ1n) is 11.1. The minimum Gasteiger partial charge on any atom is -0.493 e. The molecule has 0 bridgehead atoms. The minimum atomic E-state index is -0.0385. The maximum absolute atomic E-state index is 13.5. The second-order valence-corrected chi connectivity index (χ2v) is 7.90. The van der Waals surface area contributed by atoms with Gasteiger partial charge in [-0.3, -0.25) is 4.79 Å². The van der Waals surface area contributed by atoms with Gasteiger partial charge in [0.25, 0.3) is 5.91 Å². The molecule has 0 N–H and O–H groups in total. The zero-order chi connectivity index (χ0) is 23.0. The van der Waals surface area contributed by atoms with Gasteiger partial charge in [0, 0.05) is 37.7 Å². The Bertz CT molecular complexity index is 1060. The second kappa shape index (κ2) is 10.8. The fraction of sp³-hybridized carbons (Fsp3) is 0.308. The molecule has 0 spiro atoms. The number of hydrogen-bond donors (Lipinski definition) is 0. The zero-order valence-corrected chi connectivity index (χ0v) is 18.9. The van der Waals surface area contributed by atoms with Gasteiger partial charge < -0.3 is 19.1 Å². The highest BCUT2D eigenvalue weighted by atomic mass is 16.5. The molecule has 1 aliphatic rings. The Morgan fingerprint density at radius 3 is 2.79 bits per heavy atom. The summed E-state index contributed by atoms with van der Waals surface area (Å²) in [5, 5.41) is 4.24. The number of aromatic nitrogens is 2. The summed E-state index contributed by atoms with van der Waals surface area (Å²) in [5.41, 5.74) is 2.49. The summed E-state index contributed by atoms with van der Waals surface area (Å²) in [6, 6.07) is 15.1. The third kappa shape index (κ3) is 5.62. The van der Waals surface area contributed by atoms with E-state index in [1.54, 1.807) is 24.1 Å². The molecule has 1 fully saturated rings. The fourth-order valence-electron chi connectivity index (χ4n) is 3.91. The summed E-state index contributed by atoms with van der Waals surface area (Å²) in [6.07, 6.45) is 7.32. The molecule has 1 atom stereocenters. The number of carbonyl (C=O) groups excluding carboxylic acids is 1. The van der Waals surface area contributed by atoms with Gasteiger partial charge in [0.2, 0.25) is 0 Å². The smallest absolute Gasteiger partial charge is 0.254 e. The molecule has 0 saturated carbocycles. The van der Waals surface area contributed by atoms with E-state index >= 15 is 0 Å². The van der Waals surface area contributed by atoms with Crippen LogP contribution in [0.1, 0.15) is 28.8 Å². The van der Waals surface area contributed by atoms with Crippen LogP contribution in [0.5, 0.6) is 11.5 Å². The summed E-state index contributed by atoms with van der Waals surface area (Å²) in [6.45, 7) is 5.80. The molecule has 33 heavy (non-hydrogen) atoms. The Hall–Kier alpha value is -3.58. The average molecular weight is 448 g/mol. The van der Waals surface area contributed by atoms with E-state index in [1.807, 2.05) is 59.6 Å². The van der Waals surface area contributed by atoms with Crippen molar-refractivity contribution in [3.05, 3.63) is 84.7 Å². The van der Waals surface area contributed by atoms with E-state index < -0.39 is 0 Å². The Morgan fingerprint density at radius 1 is 1.27 bits per heavy atom. The Kier molecular flexibility index (Phi) is 7.42. The molecule has 1 unspecified atom stereocenters. The van der Waals surface area contributed by atoms with Crippen molar-refractivity contribution in [1.29, 1.82) is 0 Å². The molecule has 4 rings (SSSR count). The molecule has 172 valence electrons. The molecular formula is C26H29N3O4. The summed E-state index contributed by atoms with van der Waals surface area (Å²) in [4.78, 5) is 15.3. The van der Waals surface area contributed by atoms with Gasteiger partial charge in [0.05, 0.1) is 18.9 Å². The molecule has 7 heteroatoms. The van der Waals surface area contributed by atoms with Gasteiger partial charge in [-0.05, 0) is 60.9 Å². The van der Waals surface area contributed by atoms with E-state index in [2.05, 4.69) is 11.7 Å². The maximum Gasteiger partial charge on any atom is 0.254 e. The van der Waals surface area contributed by atoms with E-state index in [1.165, 1.54) is 0 Å². The predicted octanol–water partition coefficient (Wildman–Crippen LogP) is 4.27. The first kappa shape index (κ1) is 22.6. The molecule has 1 saturated heterocycles. The lowest BCUT2D eigenvalue weighted by molar-refractivity contribution is 0.0507. The first-order chi connectivity index (χ1) is 16.2. The lowest BCUT2D eigenvalue weighted by Crippen LogP contribution is -2.37. The number of rotatable bonds is 10. The maximum atomic E-state index is 13.5. The lowest BCUT2D eigenvalue weighted by Gasteiger charge is -2.26. The van der Waals surface area contributed by atoms with Gasteiger partial charge in [-0.1, -0.05) is 18.7 Å².